The Morgan fingerprint density at radius 2 is 2.05 bits per heavy atom. The highest BCUT2D eigenvalue weighted by Crippen LogP contribution is 2.43. The number of fused-ring (bicyclic) bond motifs is 1. The van der Waals surface area contributed by atoms with Gasteiger partial charge in [-0.1, -0.05) is 6.07 Å². The van der Waals surface area contributed by atoms with Crippen molar-refractivity contribution in [3.63, 3.8) is 0 Å². The molecule has 0 saturated heterocycles. The first-order valence-corrected chi connectivity index (χ1v) is 7.12. The van der Waals surface area contributed by atoms with Gasteiger partial charge in [-0.15, -0.1) is 0 Å². The van der Waals surface area contributed by atoms with Crippen molar-refractivity contribution >= 4 is 5.91 Å². The van der Waals surface area contributed by atoms with E-state index in [9.17, 15) is 9.90 Å². The van der Waals surface area contributed by atoms with E-state index >= 15 is 0 Å². The minimum Gasteiger partial charge on any atom is -0.508 e. The molecule has 1 heterocycles. The molecule has 0 radical (unpaired) electrons. The first kappa shape index (κ1) is 15.6. The molecule has 1 aliphatic rings. The number of aromatic hydroxyl groups is 1. The number of nitrogens with zero attached hydrogens (tertiary/aromatic N) is 2. The Morgan fingerprint density at radius 1 is 1.38 bits per heavy atom. The van der Waals surface area contributed by atoms with Crippen LogP contribution in [-0.2, 0) is 4.79 Å². The number of likely N-dealkylation sites (N-methyl/N-ethyl adjacent to an activating group) is 2. The van der Waals surface area contributed by atoms with Crippen molar-refractivity contribution in [1.29, 1.82) is 0 Å². The highest BCUT2D eigenvalue weighted by atomic mass is 16.5. The SMILES string of the molecule is CN(C)C(=O)CN(C)C1CC(C)(C)Oc2cc(O)ccc21. The molecule has 0 aromatic heterocycles. The molecular weight excluding hydrogens is 268 g/mol. The van der Waals surface area contributed by atoms with E-state index in [1.807, 2.05) is 31.9 Å². The fourth-order valence-electron chi connectivity index (χ4n) is 2.66. The molecule has 1 unspecified atom stereocenters. The summed E-state index contributed by atoms with van der Waals surface area (Å²) in [4.78, 5) is 15.6. The predicted octanol–water partition coefficient (Wildman–Crippen LogP) is 2.01. The maximum Gasteiger partial charge on any atom is 0.236 e. The summed E-state index contributed by atoms with van der Waals surface area (Å²) in [6.07, 6.45) is 0.794. The van der Waals surface area contributed by atoms with Gasteiger partial charge in [0.1, 0.15) is 17.1 Å². The zero-order valence-electron chi connectivity index (χ0n) is 13.4. The third-order valence-electron chi connectivity index (χ3n) is 3.84. The Hall–Kier alpha value is -1.75. The lowest BCUT2D eigenvalue weighted by molar-refractivity contribution is -0.130. The Kier molecular flexibility index (Phi) is 4.14. The van der Waals surface area contributed by atoms with Crippen LogP contribution in [0.5, 0.6) is 11.5 Å². The molecule has 0 bridgehead atoms. The van der Waals surface area contributed by atoms with Crippen molar-refractivity contribution in [1.82, 2.24) is 9.80 Å². The van der Waals surface area contributed by atoms with Gasteiger partial charge in [0.05, 0.1) is 6.54 Å². The van der Waals surface area contributed by atoms with Crippen LogP contribution in [-0.4, -0.2) is 54.1 Å². The summed E-state index contributed by atoms with van der Waals surface area (Å²) in [5.41, 5.74) is 0.683. The van der Waals surface area contributed by atoms with Gasteiger partial charge in [-0.05, 0) is 27.0 Å². The number of rotatable bonds is 3. The van der Waals surface area contributed by atoms with E-state index in [2.05, 4.69) is 0 Å². The maximum atomic E-state index is 11.9. The second-order valence-electron chi connectivity index (χ2n) is 6.51. The van der Waals surface area contributed by atoms with Gasteiger partial charge in [-0.2, -0.15) is 0 Å². The van der Waals surface area contributed by atoms with Gasteiger partial charge >= 0.3 is 0 Å². The average molecular weight is 292 g/mol. The van der Waals surface area contributed by atoms with Gasteiger partial charge in [-0.3, -0.25) is 9.69 Å². The molecular formula is C16H24N2O3. The largest absolute Gasteiger partial charge is 0.508 e. The van der Waals surface area contributed by atoms with Crippen molar-refractivity contribution in [2.75, 3.05) is 27.7 Å². The first-order valence-electron chi connectivity index (χ1n) is 7.12. The van der Waals surface area contributed by atoms with Crippen LogP contribution in [0.4, 0.5) is 0 Å². The second kappa shape index (κ2) is 5.56. The van der Waals surface area contributed by atoms with Crippen LogP contribution in [0, 0.1) is 0 Å². The number of hydrogen-bond donors (Lipinski definition) is 1. The molecule has 0 saturated carbocycles. The number of carbonyl (C=O) groups excluding carboxylic acids is 1. The molecule has 116 valence electrons. The quantitative estimate of drug-likeness (QED) is 0.926. The lowest BCUT2D eigenvalue weighted by Gasteiger charge is -2.41. The summed E-state index contributed by atoms with van der Waals surface area (Å²) in [6.45, 7) is 4.40. The van der Waals surface area contributed by atoms with Crippen molar-refractivity contribution in [3.05, 3.63) is 23.8 Å². The zero-order valence-corrected chi connectivity index (χ0v) is 13.4. The molecule has 2 rings (SSSR count). The molecule has 21 heavy (non-hydrogen) atoms. The van der Waals surface area contributed by atoms with E-state index in [1.165, 1.54) is 0 Å². The molecule has 0 fully saturated rings. The molecule has 0 aliphatic carbocycles. The maximum absolute atomic E-state index is 11.9. The predicted molar refractivity (Wildman–Crippen MR) is 81.5 cm³/mol. The van der Waals surface area contributed by atoms with Crippen LogP contribution in [0.2, 0.25) is 0 Å². The number of phenolic OH excluding ortho intramolecular Hbond substituents is 1. The molecule has 1 atom stereocenters. The average Bonchev–Trinajstić information content (AvgIpc) is 2.35. The molecule has 1 amide bonds. The van der Waals surface area contributed by atoms with Gasteiger partial charge in [0, 0.05) is 38.2 Å². The van der Waals surface area contributed by atoms with E-state index in [0.29, 0.717) is 12.3 Å². The van der Waals surface area contributed by atoms with Crippen LogP contribution >= 0.6 is 0 Å². The summed E-state index contributed by atoms with van der Waals surface area (Å²) in [5, 5.41) is 9.65. The number of carbonyl (C=O) groups is 1. The topological polar surface area (TPSA) is 53.0 Å². The lowest BCUT2D eigenvalue weighted by atomic mass is 9.88. The molecule has 1 aromatic carbocycles. The smallest absolute Gasteiger partial charge is 0.236 e. The van der Waals surface area contributed by atoms with Gasteiger partial charge in [0.15, 0.2) is 0 Å². The highest BCUT2D eigenvalue weighted by Gasteiger charge is 2.36. The molecule has 5 heteroatoms. The fourth-order valence-corrected chi connectivity index (χ4v) is 2.66. The second-order valence-corrected chi connectivity index (χ2v) is 6.51. The Labute approximate surface area is 126 Å². The third kappa shape index (κ3) is 3.47. The molecule has 1 N–H and O–H groups in total. The highest BCUT2D eigenvalue weighted by molar-refractivity contribution is 5.77. The summed E-state index contributed by atoms with van der Waals surface area (Å²) < 4.78 is 5.95. The van der Waals surface area contributed by atoms with Gasteiger partial charge in [0.2, 0.25) is 5.91 Å². The van der Waals surface area contributed by atoms with E-state index in [0.717, 1.165) is 12.0 Å². The molecule has 1 aliphatic heterocycles. The van der Waals surface area contributed by atoms with Crippen LogP contribution in [0.3, 0.4) is 0 Å². The normalized spacial score (nSPS) is 19.8. The van der Waals surface area contributed by atoms with Gasteiger partial charge in [-0.25, -0.2) is 0 Å². The van der Waals surface area contributed by atoms with Crippen LogP contribution in [0.25, 0.3) is 0 Å². The molecule has 0 spiro atoms. The van der Waals surface area contributed by atoms with Crippen molar-refractivity contribution in [3.8, 4) is 11.5 Å². The number of hydrogen-bond acceptors (Lipinski definition) is 4. The summed E-state index contributed by atoms with van der Waals surface area (Å²) in [7, 11) is 5.47. The molecule has 1 aromatic rings. The van der Waals surface area contributed by atoms with Crippen molar-refractivity contribution in [2.45, 2.75) is 31.9 Å². The van der Waals surface area contributed by atoms with Crippen LogP contribution in [0.15, 0.2) is 18.2 Å². The number of ether oxygens (including phenoxy) is 1. The fraction of sp³-hybridized carbons (Fsp3) is 0.562. The van der Waals surface area contributed by atoms with Crippen molar-refractivity contribution < 1.29 is 14.6 Å². The van der Waals surface area contributed by atoms with Crippen LogP contribution in [0.1, 0.15) is 31.9 Å². The number of phenols is 1. The van der Waals surface area contributed by atoms with Gasteiger partial charge in [0.25, 0.3) is 0 Å². The first-order chi connectivity index (χ1) is 9.69. The van der Waals surface area contributed by atoms with E-state index in [1.54, 1.807) is 31.1 Å². The Balaban J connectivity index is 2.29. The summed E-state index contributed by atoms with van der Waals surface area (Å²) >= 11 is 0. The zero-order chi connectivity index (χ0) is 15.8. The lowest BCUT2D eigenvalue weighted by Crippen LogP contribution is -2.43. The van der Waals surface area contributed by atoms with Crippen LogP contribution < -0.4 is 4.74 Å². The molecule has 5 nitrogen and oxygen atoms in total. The number of amides is 1. The summed E-state index contributed by atoms with van der Waals surface area (Å²) in [6, 6.07) is 5.27. The van der Waals surface area contributed by atoms with Crippen molar-refractivity contribution in [2.24, 2.45) is 0 Å². The summed E-state index contributed by atoms with van der Waals surface area (Å²) in [5.74, 6) is 0.958. The van der Waals surface area contributed by atoms with E-state index < -0.39 is 0 Å². The minimum atomic E-state index is -0.332. The Bertz CT molecular complexity index is 540. The number of benzene rings is 1. The van der Waals surface area contributed by atoms with Gasteiger partial charge < -0.3 is 14.7 Å². The minimum absolute atomic E-state index is 0.0714. The van der Waals surface area contributed by atoms with E-state index in [-0.39, 0.29) is 23.3 Å². The van der Waals surface area contributed by atoms with E-state index in [4.69, 9.17) is 4.74 Å². The standard InChI is InChI=1S/C16H24N2O3/c1-16(2)9-13(18(5)10-15(20)17(3)4)12-7-6-11(19)8-14(12)21-16/h6-8,13,19H,9-10H2,1-5H3. The Morgan fingerprint density at radius 3 is 2.67 bits per heavy atom. The monoisotopic (exact) mass is 292 g/mol. The third-order valence-corrected chi connectivity index (χ3v) is 3.84.